The zero-order valence-corrected chi connectivity index (χ0v) is 16.5. The number of amides is 1. The first-order valence-corrected chi connectivity index (χ1v) is 10.1. The van der Waals surface area contributed by atoms with Crippen LogP contribution in [0.4, 0.5) is 20.2 Å². The lowest BCUT2D eigenvalue weighted by Crippen LogP contribution is -2.16. The molecule has 3 aromatic rings. The highest BCUT2D eigenvalue weighted by Crippen LogP contribution is 2.24. The van der Waals surface area contributed by atoms with Crippen LogP contribution < -0.4 is 10.0 Å². The highest BCUT2D eigenvalue weighted by molar-refractivity contribution is 7.92. The van der Waals surface area contributed by atoms with Crippen LogP contribution in [0, 0.1) is 25.5 Å². The normalized spacial score (nSPS) is 11.2. The van der Waals surface area contributed by atoms with Gasteiger partial charge in [-0.2, -0.15) is 0 Å². The van der Waals surface area contributed by atoms with Crippen molar-refractivity contribution in [3.05, 3.63) is 89.0 Å². The van der Waals surface area contributed by atoms with Crippen LogP contribution >= 0.6 is 0 Å². The van der Waals surface area contributed by atoms with Crippen molar-refractivity contribution in [1.82, 2.24) is 0 Å². The zero-order chi connectivity index (χ0) is 21.2. The van der Waals surface area contributed by atoms with Crippen molar-refractivity contribution in [1.29, 1.82) is 0 Å². The fourth-order valence-corrected chi connectivity index (χ4v) is 3.80. The van der Waals surface area contributed by atoms with E-state index < -0.39 is 27.6 Å². The lowest BCUT2D eigenvalue weighted by Gasteiger charge is -2.13. The van der Waals surface area contributed by atoms with Gasteiger partial charge in [0.15, 0.2) is 0 Å². The first-order chi connectivity index (χ1) is 13.7. The number of benzene rings is 3. The Hall–Kier alpha value is -3.26. The summed E-state index contributed by atoms with van der Waals surface area (Å²) in [6, 6.07) is 13.5. The van der Waals surface area contributed by atoms with Crippen molar-refractivity contribution in [2.24, 2.45) is 0 Å². The Bertz CT molecular complexity index is 1190. The van der Waals surface area contributed by atoms with Crippen LogP contribution in [0.2, 0.25) is 0 Å². The fourth-order valence-electron chi connectivity index (χ4n) is 2.66. The number of aryl methyl sites for hydroxylation is 1. The molecular formula is C21H18F2N2O3S. The molecule has 0 aromatic heterocycles. The number of hydrogen-bond donors (Lipinski definition) is 2. The van der Waals surface area contributed by atoms with Gasteiger partial charge in [0.1, 0.15) is 11.6 Å². The molecule has 150 valence electrons. The molecule has 2 N–H and O–H groups in total. The monoisotopic (exact) mass is 416 g/mol. The van der Waals surface area contributed by atoms with Gasteiger partial charge in [0, 0.05) is 0 Å². The van der Waals surface area contributed by atoms with Crippen LogP contribution in [-0.2, 0) is 10.0 Å². The summed E-state index contributed by atoms with van der Waals surface area (Å²) in [5, 5.41) is 2.24. The molecule has 1 amide bonds. The maximum Gasteiger partial charge on any atom is 0.262 e. The van der Waals surface area contributed by atoms with Crippen molar-refractivity contribution < 1.29 is 22.0 Å². The average Bonchev–Trinajstić information content (AvgIpc) is 2.67. The molecule has 0 radical (unpaired) electrons. The third-order valence-corrected chi connectivity index (χ3v) is 5.83. The number of carbonyl (C=O) groups excluding carboxylic acids is 1. The number of nitrogens with one attached hydrogen (secondary N) is 2. The summed E-state index contributed by atoms with van der Waals surface area (Å²) < 4.78 is 55.8. The van der Waals surface area contributed by atoms with E-state index in [9.17, 15) is 22.0 Å². The topological polar surface area (TPSA) is 75.3 Å². The van der Waals surface area contributed by atoms with E-state index >= 15 is 0 Å². The van der Waals surface area contributed by atoms with E-state index in [1.807, 2.05) is 13.0 Å². The van der Waals surface area contributed by atoms with Gasteiger partial charge in [-0.05, 0) is 61.4 Å². The molecule has 8 heteroatoms. The van der Waals surface area contributed by atoms with Gasteiger partial charge < -0.3 is 5.32 Å². The third-order valence-electron chi connectivity index (χ3n) is 4.47. The number of anilines is 2. The second kappa shape index (κ2) is 8.00. The van der Waals surface area contributed by atoms with Crippen molar-refractivity contribution in [3.63, 3.8) is 0 Å². The molecule has 0 heterocycles. The molecular weight excluding hydrogens is 398 g/mol. The van der Waals surface area contributed by atoms with Gasteiger partial charge >= 0.3 is 0 Å². The van der Waals surface area contributed by atoms with Crippen LogP contribution in [0.5, 0.6) is 0 Å². The molecule has 0 bridgehead atoms. The van der Waals surface area contributed by atoms with Gasteiger partial charge in [-0.1, -0.05) is 24.3 Å². The van der Waals surface area contributed by atoms with Gasteiger partial charge in [-0.3, -0.25) is 9.52 Å². The van der Waals surface area contributed by atoms with E-state index in [4.69, 9.17) is 0 Å². The number of sulfonamides is 1. The smallest absolute Gasteiger partial charge is 0.262 e. The predicted molar refractivity (Wildman–Crippen MR) is 107 cm³/mol. The van der Waals surface area contributed by atoms with Crippen LogP contribution in [0.3, 0.4) is 0 Å². The summed E-state index contributed by atoms with van der Waals surface area (Å²) in [7, 11) is -4.04. The number of halogens is 2. The molecule has 0 aliphatic carbocycles. The summed E-state index contributed by atoms with van der Waals surface area (Å²) in [5.74, 6) is -2.55. The quantitative estimate of drug-likeness (QED) is 0.637. The Kier molecular flexibility index (Phi) is 5.65. The molecule has 0 atom stereocenters. The Labute approximate surface area is 167 Å². The molecule has 3 aromatic carbocycles. The van der Waals surface area contributed by atoms with Gasteiger partial charge in [-0.15, -0.1) is 0 Å². The maximum atomic E-state index is 14.4. The molecule has 5 nitrogen and oxygen atoms in total. The molecule has 0 aliphatic heterocycles. The van der Waals surface area contributed by atoms with E-state index in [1.54, 1.807) is 19.1 Å². The van der Waals surface area contributed by atoms with Crippen LogP contribution in [-0.4, -0.2) is 14.3 Å². The lowest BCUT2D eigenvalue weighted by atomic mass is 10.1. The van der Waals surface area contributed by atoms with Gasteiger partial charge in [0.25, 0.3) is 15.9 Å². The Morgan fingerprint density at radius 3 is 2.28 bits per heavy atom. The van der Waals surface area contributed by atoms with Crippen molar-refractivity contribution in [2.75, 3.05) is 10.0 Å². The minimum atomic E-state index is -4.04. The number of rotatable bonds is 5. The maximum absolute atomic E-state index is 14.4. The van der Waals surface area contributed by atoms with Crippen molar-refractivity contribution in [3.8, 4) is 0 Å². The molecule has 0 aliphatic rings. The molecule has 0 spiro atoms. The van der Waals surface area contributed by atoms with E-state index in [0.717, 1.165) is 35.4 Å². The van der Waals surface area contributed by atoms with E-state index in [1.165, 1.54) is 18.2 Å². The average molecular weight is 416 g/mol. The van der Waals surface area contributed by atoms with Gasteiger partial charge in [0.05, 0.1) is 21.8 Å². The SMILES string of the molecule is Cc1cccc(NS(=O)(=O)c2ccc(NC(=O)c3ccccc3F)c(F)c2)c1C. The minimum Gasteiger partial charge on any atom is -0.319 e. The Balaban J connectivity index is 1.84. The molecule has 0 fully saturated rings. The summed E-state index contributed by atoms with van der Waals surface area (Å²) in [5.41, 5.74) is 1.54. The first kappa shape index (κ1) is 20.5. The molecule has 3 rings (SSSR count). The van der Waals surface area contributed by atoms with Crippen molar-refractivity contribution >= 4 is 27.3 Å². The standard InChI is InChI=1S/C21H18F2N2O3S/c1-13-6-5-9-19(14(13)2)25-29(27,28)15-10-11-20(18(23)12-15)24-21(26)16-7-3-4-8-17(16)22/h3-12,25H,1-2H3,(H,24,26). The first-order valence-electron chi connectivity index (χ1n) is 8.63. The lowest BCUT2D eigenvalue weighted by molar-refractivity contribution is 0.102. The fraction of sp³-hybridized carbons (Fsp3) is 0.0952. The second-order valence-electron chi connectivity index (χ2n) is 6.43. The molecule has 0 saturated heterocycles. The molecule has 29 heavy (non-hydrogen) atoms. The highest BCUT2D eigenvalue weighted by Gasteiger charge is 2.19. The second-order valence-corrected chi connectivity index (χ2v) is 8.11. The van der Waals surface area contributed by atoms with Crippen LogP contribution in [0.25, 0.3) is 0 Å². The third kappa shape index (κ3) is 4.43. The van der Waals surface area contributed by atoms with E-state index in [0.29, 0.717) is 5.69 Å². The van der Waals surface area contributed by atoms with Crippen LogP contribution in [0.1, 0.15) is 21.5 Å². The number of hydrogen-bond acceptors (Lipinski definition) is 3. The van der Waals surface area contributed by atoms with Gasteiger partial charge in [0.2, 0.25) is 0 Å². The molecule has 0 saturated carbocycles. The summed E-state index contributed by atoms with van der Waals surface area (Å²) >= 11 is 0. The largest absolute Gasteiger partial charge is 0.319 e. The number of carbonyl (C=O) groups is 1. The summed E-state index contributed by atoms with van der Waals surface area (Å²) in [6.45, 7) is 3.62. The van der Waals surface area contributed by atoms with Crippen LogP contribution in [0.15, 0.2) is 65.6 Å². The highest BCUT2D eigenvalue weighted by atomic mass is 32.2. The Morgan fingerprint density at radius 1 is 0.862 bits per heavy atom. The molecule has 0 unspecified atom stereocenters. The summed E-state index contributed by atoms with van der Waals surface area (Å²) in [6.07, 6.45) is 0. The zero-order valence-electron chi connectivity index (χ0n) is 15.7. The van der Waals surface area contributed by atoms with E-state index in [2.05, 4.69) is 10.0 Å². The van der Waals surface area contributed by atoms with Gasteiger partial charge in [-0.25, -0.2) is 17.2 Å². The minimum absolute atomic E-state index is 0.250. The predicted octanol–water partition coefficient (Wildman–Crippen LogP) is 4.63. The Morgan fingerprint density at radius 2 is 1.59 bits per heavy atom. The van der Waals surface area contributed by atoms with E-state index in [-0.39, 0.29) is 16.1 Å². The van der Waals surface area contributed by atoms with Crippen molar-refractivity contribution in [2.45, 2.75) is 18.7 Å². The summed E-state index contributed by atoms with van der Waals surface area (Å²) in [4.78, 5) is 11.8.